The molecule has 2 N–H and O–H groups in total. The molecule has 1 aliphatic carbocycles. The Bertz CT molecular complexity index is 965. The lowest BCUT2D eigenvalue weighted by Crippen LogP contribution is -2.09. The second kappa shape index (κ2) is 6.92. The highest BCUT2D eigenvalue weighted by Gasteiger charge is 2.26. The molecule has 6 heteroatoms. The molecule has 1 saturated carbocycles. The molecule has 2 heterocycles. The molecule has 1 aromatic carbocycles. The monoisotopic (exact) mass is 350 g/mol. The molecule has 1 fully saturated rings. The zero-order valence-electron chi connectivity index (χ0n) is 14.0. The maximum absolute atomic E-state index is 12.3. The highest BCUT2D eigenvalue weighted by atomic mass is 16.6. The van der Waals surface area contributed by atoms with Crippen LogP contribution in [0.15, 0.2) is 64.1 Å². The van der Waals surface area contributed by atoms with Crippen LogP contribution >= 0.6 is 0 Å². The van der Waals surface area contributed by atoms with Crippen molar-refractivity contribution in [3.63, 3.8) is 0 Å². The summed E-state index contributed by atoms with van der Waals surface area (Å²) >= 11 is 0. The van der Waals surface area contributed by atoms with E-state index < -0.39 is 5.63 Å². The standard InChI is InChI=1S/C20H18N2O4/c23-17-10-18(25-12-13-4-3-9-21-11-13)26-20(24)19(17)22-16-6-2-1-5-15(16)14-7-8-14/h1-6,9-11,14,22-23H,7-8,12H2. The van der Waals surface area contributed by atoms with Gasteiger partial charge in [-0.15, -0.1) is 0 Å². The minimum Gasteiger partial charge on any atom is -0.505 e. The van der Waals surface area contributed by atoms with Crippen molar-refractivity contribution in [3.05, 3.63) is 76.4 Å². The summed E-state index contributed by atoms with van der Waals surface area (Å²) in [5.74, 6) is 0.250. The summed E-state index contributed by atoms with van der Waals surface area (Å²) in [6.07, 6.45) is 5.60. The molecule has 0 atom stereocenters. The molecule has 0 radical (unpaired) electrons. The Morgan fingerprint density at radius 2 is 2.08 bits per heavy atom. The average molecular weight is 350 g/mol. The van der Waals surface area contributed by atoms with Gasteiger partial charge in [-0.1, -0.05) is 24.3 Å². The summed E-state index contributed by atoms with van der Waals surface area (Å²) in [5, 5.41) is 13.3. The fourth-order valence-corrected chi connectivity index (χ4v) is 2.78. The molecule has 6 nitrogen and oxygen atoms in total. The Morgan fingerprint density at radius 3 is 2.81 bits per heavy atom. The molecule has 0 spiro atoms. The molecule has 132 valence electrons. The number of hydrogen-bond donors (Lipinski definition) is 2. The molecular weight excluding hydrogens is 332 g/mol. The van der Waals surface area contributed by atoms with Crippen LogP contribution in [-0.2, 0) is 6.61 Å². The number of nitrogens with zero attached hydrogens (tertiary/aromatic N) is 1. The first kappa shape index (κ1) is 16.2. The van der Waals surface area contributed by atoms with E-state index in [4.69, 9.17) is 9.15 Å². The van der Waals surface area contributed by atoms with Crippen LogP contribution in [-0.4, -0.2) is 10.1 Å². The van der Waals surface area contributed by atoms with Gasteiger partial charge in [-0.25, -0.2) is 4.79 Å². The number of benzene rings is 1. The predicted molar refractivity (Wildman–Crippen MR) is 96.9 cm³/mol. The third-order valence-electron chi connectivity index (χ3n) is 4.25. The van der Waals surface area contributed by atoms with Crippen molar-refractivity contribution in [3.8, 4) is 11.7 Å². The van der Waals surface area contributed by atoms with Gasteiger partial charge in [0.25, 0.3) is 5.95 Å². The Balaban J connectivity index is 1.54. The van der Waals surface area contributed by atoms with E-state index in [0.29, 0.717) is 5.92 Å². The van der Waals surface area contributed by atoms with Crippen molar-refractivity contribution in [2.24, 2.45) is 0 Å². The van der Waals surface area contributed by atoms with Crippen molar-refractivity contribution in [1.82, 2.24) is 4.98 Å². The lowest BCUT2D eigenvalue weighted by Gasteiger charge is -2.12. The minimum atomic E-state index is -0.684. The van der Waals surface area contributed by atoms with Crippen molar-refractivity contribution >= 4 is 11.4 Å². The minimum absolute atomic E-state index is 0.00632. The van der Waals surface area contributed by atoms with E-state index in [1.807, 2.05) is 30.3 Å². The molecule has 1 aliphatic rings. The van der Waals surface area contributed by atoms with Gasteiger partial charge in [0.1, 0.15) is 6.61 Å². The van der Waals surface area contributed by atoms with E-state index in [-0.39, 0.29) is 24.0 Å². The summed E-state index contributed by atoms with van der Waals surface area (Å²) in [7, 11) is 0. The van der Waals surface area contributed by atoms with E-state index in [1.165, 1.54) is 6.07 Å². The fourth-order valence-electron chi connectivity index (χ4n) is 2.78. The van der Waals surface area contributed by atoms with Crippen molar-refractivity contribution < 1.29 is 14.3 Å². The van der Waals surface area contributed by atoms with Crippen LogP contribution in [0.5, 0.6) is 11.7 Å². The van der Waals surface area contributed by atoms with E-state index in [0.717, 1.165) is 29.7 Å². The van der Waals surface area contributed by atoms with Gasteiger partial charge in [0, 0.05) is 23.6 Å². The molecule has 0 saturated heterocycles. The molecule has 0 unspecified atom stereocenters. The van der Waals surface area contributed by atoms with Crippen molar-refractivity contribution in [1.29, 1.82) is 0 Å². The van der Waals surface area contributed by atoms with E-state index in [1.54, 1.807) is 18.5 Å². The lowest BCUT2D eigenvalue weighted by molar-refractivity contribution is 0.218. The third kappa shape index (κ3) is 3.54. The quantitative estimate of drug-likeness (QED) is 0.700. The Hall–Kier alpha value is -3.28. The molecule has 3 aromatic rings. The third-order valence-corrected chi connectivity index (χ3v) is 4.25. The summed E-state index contributed by atoms with van der Waals surface area (Å²) in [4.78, 5) is 16.3. The summed E-state index contributed by atoms with van der Waals surface area (Å²) < 4.78 is 10.6. The van der Waals surface area contributed by atoms with Gasteiger partial charge in [-0.3, -0.25) is 4.98 Å². The first-order valence-electron chi connectivity index (χ1n) is 8.45. The first-order valence-corrected chi connectivity index (χ1v) is 8.45. The predicted octanol–water partition coefficient (Wildman–Crippen LogP) is 3.94. The molecule has 0 amide bonds. The topological polar surface area (TPSA) is 84.6 Å². The van der Waals surface area contributed by atoms with Crippen molar-refractivity contribution in [2.45, 2.75) is 25.4 Å². The second-order valence-corrected chi connectivity index (χ2v) is 6.25. The van der Waals surface area contributed by atoms with Gasteiger partial charge in [-0.05, 0) is 36.5 Å². The number of nitrogens with one attached hydrogen (secondary N) is 1. The van der Waals surface area contributed by atoms with Gasteiger partial charge >= 0.3 is 5.63 Å². The van der Waals surface area contributed by atoms with Gasteiger partial charge in [0.15, 0.2) is 11.4 Å². The van der Waals surface area contributed by atoms with Crippen LogP contribution in [0.2, 0.25) is 0 Å². The van der Waals surface area contributed by atoms with Crippen LogP contribution in [0, 0.1) is 0 Å². The molecule has 0 aliphatic heterocycles. The van der Waals surface area contributed by atoms with E-state index >= 15 is 0 Å². The normalized spacial score (nSPS) is 13.4. The van der Waals surface area contributed by atoms with E-state index in [2.05, 4.69) is 10.3 Å². The van der Waals surface area contributed by atoms with Crippen molar-refractivity contribution in [2.75, 3.05) is 5.32 Å². The summed E-state index contributed by atoms with van der Waals surface area (Å²) in [5.41, 5.74) is 2.10. The number of ether oxygens (including phenoxy) is 1. The summed E-state index contributed by atoms with van der Waals surface area (Å²) in [6.45, 7) is 0.188. The second-order valence-electron chi connectivity index (χ2n) is 6.25. The largest absolute Gasteiger partial charge is 0.505 e. The first-order chi connectivity index (χ1) is 12.7. The Labute approximate surface area is 150 Å². The number of hydrogen-bond acceptors (Lipinski definition) is 6. The number of rotatable bonds is 6. The summed E-state index contributed by atoms with van der Waals surface area (Å²) in [6, 6.07) is 12.7. The van der Waals surface area contributed by atoms with Crippen LogP contribution in [0.3, 0.4) is 0 Å². The molecule has 4 rings (SSSR count). The molecule has 26 heavy (non-hydrogen) atoms. The number of aromatic nitrogens is 1. The number of para-hydroxylation sites is 1. The lowest BCUT2D eigenvalue weighted by atomic mass is 10.1. The maximum atomic E-state index is 12.3. The number of aromatic hydroxyl groups is 1. The fraction of sp³-hybridized carbons (Fsp3) is 0.200. The zero-order valence-corrected chi connectivity index (χ0v) is 14.0. The smallest absolute Gasteiger partial charge is 0.366 e. The van der Waals surface area contributed by atoms with E-state index in [9.17, 15) is 9.90 Å². The average Bonchev–Trinajstić information content (AvgIpc) is 3.49. The maximum Gasteiger partial charge on any atom is 0.366 e. The molecule has 0 bridgehead atoms. The van der Waals surface area contributed by atoms with Gasteiger partial charge in [0.2, 0.25) is 0 Å². The SMILES string of the molecule is O=c1oc(OCc2cccnc2)cc(O)c1Nc1ccccc1C1CC1. The zero-order chi connectivity index (χ0) is 17.9. The highest BCUT2D eigenvalue weighted by molar-refractivity contribution is 5.68. The molecule has 2 aromatic heterocycles. The number of anilines is 2. The van der Waals surface area contributed by atoms with Crippen LogP contribution in [0.1, 0.15) is 29.9 Å². The van der Waals surface area contributed by atoms with Crippen LogP contribution in [0.25, 0.3) is 0 Å². The molecular formula is C20H18N2O4. The number of pyridine rings is 1. The Kier molecular flexibility index (Phi) is 4.31. The van der Waals surface area contributed by atoms with Crippen LogP contribution < -0.4 is 15.7 Å². The highest BCUT2D eigenvalue weighted by Crippen LogP contribution is 2.44. The Morgan fingerprint density at radius 1 is 1.23 bits per heavy atom. The van der Waals surface area contributed by atoms with Gasteiger partial charge in [0.05, 0.1) is 6.07 Å². The van der Waals surface area contributed by atoms with Crippen LogP contribution in [0.4, 0.5) is 11.4 Å². The van der Waals surface area contributed by atoms with Gasteiger partial charge < -0.3 is 19.6 Å². The van der Waals surface area contributed by atoms with Gasteiger partial charge in [-0.2, -0.15) is 0 Å².